The fourth-order valence-corrected chi connectivity index (χ4v) is 3.57. The third-order valence-electron chi connectivity index (χ3n) is 5.34. The van der Waals surface area contributed by atoms with Crippen molar-refractivity contribution in [2.75, 3.05) is 6.54 Å². The van der Waals surface area contributed by atoms with Crippen molar-refractivity contribution >= 4 is 11.8 Å². The second kappa shape index (κ2) is 6.19. The van der Waals surface area contributed by atoms with Crippen LogP contribution >= 0.6 is 0 Å². The summed E-state index contributed by atoms with van der Waals surface area (Å²) in [7, 11) is 0. The number of hydrogen-bond acceptors (Lipinski definition) is 2. The van der Waals surface area contributed by atoms with Crippen molar-refractivity contribution in [3.63, 3.8) is 0 Å². The fourth-order valence-electron chi connectivity index (χ4n) is 3.57. The van der Waals surface area contributed by atoms with Gasteiger partial charge in [0.2, 0.25) is 11.8 Å². The van der Waals surface area contributed by atoms with Gasteiger partial charge in [-0.2, -0.15) is 0 Å². The minimum Gasteiger partial charge on any atom is -0.353 e. The number of amides is 2. The van der Waals surface area contributed by atoms with Crippen LogP contribution in [0.2, 0.25) is 0 Å². The minimum atomic E-state index is -0.267. The SMILES string of the molecule is O=C(NC1CC1)C1CCC(c2ccc(F)cc2)N(C(=O)C2CC2)C1. The molecule has 128 valence electrons. The number of nitrogens with zero attached hydrogens (tertiary/aromatic N) is 1. The summed E-state index contributed by atoms with van der Waals surface area (Å²) < 4.78 is 13.2. The summed E-state index contributed by atoms with van der Waals surface area (Å²) in [6.45, 7) is 0.482. The van der Waals surface area contributed by atoms with Gasteiger partial charge in [-0.3, -0.25) is 9.59 Å². The molecule has 5 heteroatoms. The number of likely N-dealkylation sites (tertiary alicyclic amines) is 1. The van der Waals surface area contributed by atoms with E-state index >= 15 is 0 Å². The molecule has 1 aromatic carbocycles. The molecule has 1 heterocycles. The quantitative estimate of drug-likeness (QED) is 0.923. The number of halogens is 1. The van der Waals surface area contributed by atoms with Gasteiger partial charge >= 0.3 is 0 Å². The van der Waals surface area contributed by atoms with Gasteiger partial charge in [0.15, 0.2) is 0 Å². The van der Waals surface area contributed by atoms with Gasteiger partial charge in [-0.05, 0) is 56.2 Å². The zero-order valence-corrected chi connectivity index (χ0v) is 13.7. The molecular weight excluding hydrogens is 307 g/mol. The number of rotatable bonds is 4. The molecule has 1 N–H and O–H groups in total. The Kier molecular flexibility index (Phi) is 4.02. The number of benzene rings is 1. The van der Waals surface area contributed by atoms with Crippen molar-refractivity contribution in [3.8, 4) is 0 Å². The molecule has 2 aliphatic carbocycles. The van der Waals surface area contributed by atoms with Crippen LogP contribution in [0.15, 0.2) is 24.3 Å². The molecule has 2 unspecified atom stereocenters. The molecule has 3 fully saturated rings. The molecule has 1 saturated heterocycles. The molecule has 1 aromatic rings. The maximum absolute atomic E-state index is 13.2. The van der Waals surface area contributed by atoms with E-state index in [4.69, 9.17) is 0 Å². The molecule has 0 radical (unpaired) electrons. The van der Waals surface area contributed by atoms with Crippen molar-refractivity contribution in [2.24, 2.45) is 11.8 Å². The molecular formula is C19H23FN2O2. The van der Waals surface area contributed by atoms with Crippen LogP contribution in [0.25, 0.3) is 0 Å². The van der Waals surface area contributed by atoms with E-state index in [0.717, 1.165) is 44.1 Å². The lowest BCUT2D eigenvalue weighted by Gasteiger charge is -2.39. The van der Waals surface area contributed by atoms with Gasteiger partial charge in [0.25, 0.3) is 0 Å². The van der Waals surface area contributed by atoms with Gasteiger partial charge in [-0.25, -0.2) is 4.39 Å². The third-order valence-corrected chi connectivity index (χ3v) is 5.34. The van der Waals surface area contributed by atoms with E-state index in [1.54, 1.807) is 12.1 Å². The van der Waals surface area contributed by atoms with E-state index in [1.165, 1.54) is 12.1 Å². The summed E-state index contributed by atoms with van der Waals surface area (Å²) in [6.07, 6.45) is 5.57. The number of carbonyl (C=O) groups excluding carboxylic acids is 2. The van der Waals surface area contributed by atoms with E-state index in [1.807, 2.05) is 4.90 Å². The van der Waals surface area contributed by atoms with E-state index in [9.17, 15) is 14.0 Å². The molecule has 24 heavy (non-hydrogen) atoms. The van der Waals surface area contributed by atoms with Gasteiger partial charge in [0.1, 0.15) is 5.82 Å². The maximum Gasteiger partial charge on any atom is 0.226 e. The van der Waals surface area contributed by atoms with E-state index in [0.29, 0.717) is 12.6 Å². The molecule has 2 saturated carbocycles. The smallest absolute Gasteiger partial charge is 0.226 e. The number of nitrogens with one attached hydrogen (secondary N) is 1. The van der Waals surface area contributed by atoms with Crippen LogP contribution in [-0.4, -0.2) is 29.3 Å². The number of carbonyl (C=O) groups is 2. The summed E-state index contributed by atoms with van der Waals surface area (Å²) in [6, 6.07) is 6.72. The summed E-state index contributed by atoms with van der Waals surface area (Å²) in [5, 5.41) is 3.06. The normalized spacial score (nSPS) is 27.0. The van der Waals surface area contributed by atoms with Crippen LogP contribution in [0.3, 0.4) is 0 Å². The fraction of sp³-hybridized carbons (Fsp3) is 0.579. The van der Waals surface area contributed by atoms with E-state index in [-0.39, 0.29) is 35.5 Å². The first-order valence-corrected chi connectivity index (χ1v) is 8.98. The molecule has 2 amide bonds. The molecule has 3 aliphatic rings. The first kappa shape index (κ1) is 15.6. The Bertz CT molecular complexity index is 637. The average Bonchev–Trinajstić information content (AvgIpc) is 3.48. The minimum absolute atomic E-state index is 0.0383. The first-order valence-electron chi connectivity index (χ1n) is 8.98. The monoisotopic (exact) mass is 330 g/mol. The second-order valence-electron chi connectivity index (χ2n) is 7.39. The highest BCUT2D eigenvalue weighted by Gasteiger charge is 2.41. The largest absolute Gasteiger partial charge is 0.353 e. The molecule has 4 rings (SSSR count). The van der Waals surface area contributed by atoms with Crippen LogP contribution in [0.4, 0.5) is 4.39 Å². The van der Waals surface area contributed by atoms with Crippen molar-refractivity contribution in [3.05, 3.63) is 35.6 Å². The lowest BCUT2D eigenvalue weighted by molar-refractivity contribution is -0.140. The highest BCUT2D eigenvalue weighted by atomic mass is 19.1. The number of hydrogen-bond donors (Lipinski definition) is 1. The first-order chi connectivity index (χ1) is 11.6. The zero-order valence-electron chi connectivity index (χ0n) is 13.7. The van der Waals surface area contributed by atoms with E-state index < -0.39 is 0 Å². The topological polar surface area (TPSA) is 49.4 Å². The Balaban J connectivity index is 1.51. The molecule has 0 bridgehead atoms. The Hall–Kier alpha value is -1.91. The zero-order chi connectivity index (χ0) is 16.7. The molecule has 2 atom stereocenters. The predicted octanol–water partition coefficient (Wildman–Crippen LogP) is 2.79. The number of piperidine rings is 1. The van der Waals surface area contributed by atoms with Gasteiger partial charge in [-0.15, -0.1) is 0 Å². The van der Waals surface area contributed by atoms with Gasteiger partial charge in [0.05, 0.1) is 12.0 Å². The summed E-state index contributed by atoms with van der Waals surface area (Å²) in [5.41, 5.74) is 0.964. The summed E-state index contributed by atoms with van der Waals surface area (Å²) in [4.78, 5) is 27.0. The highest BCUT2D eigenvalue weighted by molar-refractivity contribution is 5.84. The maximum atomic E-state index is 13.2. The van der Waals surface area contributed by atoms with Crippen molar-refractivity contribution < 1.29 is 14.0 Å². The summed E-state index contributed by atoms with van der Waals surface area (Å²) >= 11 is 0. The van der Waals surface area contributed by atoms with Crippen molar-refractivity contribution in [1.82, 2.24) is 10.2 Å². The van der Waals surface area contributed by atoms with Crippen LogP contribution in [0, 0.1) is 17.7 Å². The van der Waals surface area contributed by atoms with Crippen molar-refractivity contribution in [2.45, 2.75) is 50.6 Å². The Morgan fingerprint density at radius 2 is 1.62 bits per heavy atom. The Morgan fingerprint density at radius 1 is 0.958 bits per heavy atom. The van der Waals surface area contributed by atoms with Crippen LogP contribution in [-0.2, 0) is 9.59 Å². The highest BCUT2D eigenvalue weighted by Crippen LogP contribution is 2.39. The lowest BCUT2D eigenvalue weighted by atomic mass is 9.88. The van der Waals surface area contributed by atoms with Crippen molar-refractivity contribution in [1.29, 1.82) is 0 Å². The standard InChI is InChI=1S/C19H23FN2O2/c20-15-6-3-12(4-7-15)17-10-5-14(18(23)21-16-8-9-16)11-22(17)19(24)13-1-2-13/h3-4,6-7,13-14,16-17H,1-2,5,8-11H2,(H,21,23). The molecule has 4 nitrogen and oxygen atoms in total. The Labute approximate surface area is 141 Å². The molecule has 0 spiro atoms. The van der Waals surface area contributed by atoms with E-state index in [2.05, 4.69) is 5.32 Å². The van der Waals surface area contributed by atoms with Crippen LogP contribution in [0.5, 0.6) is 0 Å². The molecule has 0 aromatic heterocycles. The average molecular weight is 330 g/mol. The van der Waals surface area contributed by atoms with Crippen LogP contribution < -0.4 is 5.32 Å². The predicted molar refractivity (Wildman–Crippen MR) is 87.5 cm³/mol. The van der Waals surface area contributed by atoms with Gasteiger partial charge < -0.3 is 10.2 Å². The second-order valence-corrected chi connectivity index (χ2v) is 7.39. The summed E-state index contributed by atoms with van der Waals surface area (Å²) in [5.74, 6) is -0.0172. The third kappa shape index (κ3) is 3.30. The Morgan fingerprint density at radius 3 is 2.25 bits per heavy atom. The van der Waals surface area contributed by atoms with Crippen LogP contribution in [0.1, 0.15) is 50.1 Å². The van der Waals surface area contributed by atoms with Gasteiger partial charge in [-0.1, -0.05) is 12.1 Å². The lowest BCUT2D eigenvalue weighted by Crippen LogP contribution is -2.47. The molecule has 1 aliphatic heterocycles. The van der Waals surface area contributed by atoms with Gasteiger partial charge in [0, 0.05) is 18.5 Å².